The molecule has 0 aliphatic carbocycles. The predicted octanol–water partition coefficient (Wildman–Crippen LogP) is 9.35. The molecule has 0 saturated carbocycles. The summed E-state index contributed by atoms with van der Waals surface area (Å²) in [5.74, 6) is -1.64. The van der Waals surface area contributed by atoms with E-state index in [0.29, 0.717) is 114 Å². The molecule has 0 spiro atoms. The van der Waals surface area contributed by atoms with Gasteiger partial charge in [-0.2, -0.15) is 0 Å². The number of carbonyl (C=O) groups is 4. The molecule has 14 rings (SSSR count). The first-order valence-electron chi connectivity index (χ1n) is 34.3. The second-order valence-corrected chi connectivity index (χ2v) is 26.2. The number of imidazole rings is 1. The van der Waals surface area contributed by atoms with Gasteiger partial charge in [-0.25, -0.2) is 26.7 Å². The van der Waals surface area contributed by atoms with E-state index in [2.05, 4.69) is 19.7 Å². The van der Waals surface area contributed by atoms with Crippen LogP contribution < -0.4 is 66.5 Å². The number of carbonyl (C=O) groups excluding carboxylic acids is 4. The van der Waals surface area contributed by atoms with Crippen molar-refractivity contribution >= 4 is 115 Å². The Hall–Kier alpha value is -12.7. The molecule has 1 aromatic heterocycles. The number of H-pyrrole nitrogens is 1. The number of amides is 4. The zero-order chi connectivity index (χ0) is 78.3. The van der Waals surface area contributed by atoms with E-state index in [-0.39, 0.29) is 80.6 Å². The number of para-hydroxylation sites is 7. The van der Waals surface area contributed by atoms with Crippen molar-refractivity contribution in [1.82, 2.24) is 36.4 Å². The first-order valence-corrected chi connectivity index (χ1v) is 35.0. The number of nitrogens with zero attached hydrogens (tertiary/aromatic N) is 12. The van der Waals surface area contributed by atoms with E-state index >= 15 is 0 Å². The van der Waals surface area contributed by atoms with Crippen LogP contribution in [0.4, 0.5) is 56.9 Å². The first-order chi connectivity index (χ1) is 53.1. The number of aromatic amines is 1. The monoisotopic (exact) mass is 1550 g/mol. The van der Waals surface area contributed by atoms with Gasteiger partial charge in [0.05, 0.1) is 68.7 Å². The van der Waals surface area contributed by atoms with E-state index in [0.717, 1.165) is 52.6 Å². The van der Waals surface area contributed by atoms with Gasteiger partial charge in [-0.3, -0.25) is 89.9 Å². The van der Waals surface area contributed by atoms with Gasteiger partial charge in [0.15, 0.2) is 11.5 Å². The van der Waals surface area contributed by atoms with E-state index in [9.17, 15) is 64.4 Å². The minimum Gasteiger partial charge on any atom is -0.454 e. The van der Waals surface area contributed by atoms with Gasteiger partial charge in [-0.05, 0) is 85.6 Å². The lowest BCUT2D eigenvalue weighted by atomic mass is 10.0. The summed E-state index contributed by atoms with van der Waals surface area (Å²) in [6.07, 6.45) is 1.15. The largest absolute Gasteiger partial charge is 0.454 e. The van der Waals surface area contributed by atoms with Crippen molar-refractivity contribution in [2.45, 2.75) is 25.4 Å². The summed E-state index contributed by atoms with van der Waals surface area (Å²) in [5, 5.41) is 82.2. The average molecular weight is 1550 g/mol. The SMILES string of the molecule is O=C(NO)c1cc([N+](=O)[O-])ccc1N1CCN(c2ccccc2)CC1.O=C(NO)c1cccc([N+](=O)[O-])c1N1CCC(n2c(=O)[nH]c3ccccc32)CC1.O=C(NO)c1cccc([N+](=O)[O-])c1N1CCN(Cc2cccc3c2OCO3)CC1.O=C(NO)c1cccc([N+](=O)[O-])c1N1CCN(c2ccc(Cl)c(Cl)c2)CC1. The van der Waals surface area contributed by atoms with Gasteiger partial charge < -0.3 is 43.9 Å². The van der Waals surface area contributed by atoms with Crippen LogP contribution in [0.25, 0.3) is 11.0 Å². The van der Waals surface area contributed by atoms with Crippen molar-refractivity contribution in [2.24, 2.45) is 0 Å². The number of piperidine rings is 1. The summed E-state index contributed by atoms with van der Waals surface area (Å²) in [6.45, 7) is 8.95. The summed E-state index contributed by atoms with van der Waals surface area (Å²) in [7, 11) is 0. The number of ether oxygens (including phenoxy) is 2. The topological polar surface area (TPSA) is 449 Å². The molecule has 6 heterocycles. The molecule has 0 atom stereocenters. The van der Waals surface area contributed by atoms with Crippen LogP contribution in [0.1, 0.15) is 65.9 Å². The lowest BCUT2D eigenvalue weighted by molar-refractivity contribution is -0.384. The van der Waals surface area contributed by atoms with Crippen LogP contribution in [-0.4, -0.2) is 177 Å². The Morgan fingerprint density at radius 2 is 0.918 bits per heavy atom. The number of anilines is 6. The highest BCUT2D eigenvalue weighted by atomic mass is 35.5. The molecule has 4 fully saturated rings. The number of nitro groups is 4. The van der Waals surface area contributed by atoms with Crippen molar-refractivity contribution < 1.29 is 69.2 Å². The van der Waals surface area contributed by atoms with Gasteiger partial charge in [-0.15, -0.1) is 0 Å². The molecule has 5 aliphatic rings. The maximum absolute atomic E-state index is 12.4. The van der Waals surface area contributed by atoms with E-state index < -0.39 is 43.3 Å². The number of aromatic nitrogens is 2. The summed E-state index contributed by atoms with van der Waals surface area (Å²) < 4.78 is 12.7. The second-order valence-electron chi connectivity index (χ2n) is 25.3. The van der Waals surface area contributed by atoms with Gasteiger partial charge >= 0.3 is 5.69 Å². The van der Waals surface area contributed by atoms with E-state index in [1.807, 2.05) is 88.7 Å². The fourth-order valence-electron chi connectivity index (χ4n) is 13.9. The Bertz CT molecular complexity index is 4970. The fourth-order valence-corrected chi connectivity index (χ4v) is 14.2. The predicted molar refractivity (Wildman–Crippen MR) is 404 cm³/mol. The lowest BCUT2D eigenvalue weighted by Crippen LogP contribution is -2.47. The van der Waals surface area contributed by atoms with Crippen LogP contribution in [-0.2, 0) is 6.54 Å². The molecule has 4 amide bonds. The number of hydroxylamine groups is 4. The van der Waals surface area contributed by atoms with E-state index in [1.165, 1.54) is 66.7 Å². The maximum atomic E-state index is 12.4. The van der Waals surface area contributed by atoms with Gasteiger partial charge in [-0.1, -0.05) is 83.9 Å². The molecule has 0 unspecified atom stereocenters. The zero-order valence-electron chi connectivity index (χ0n) is 58.4. The third-order valence-electron chi connectivity index (χ3n) is 19.1. The van der Waals surface area contributed by atoms with Crippen molar-refractivity contribution in [3.63, 3.8) is 0 Å². The maximum Gasteiger partial charge on any atom is 0.326 e. The number of benzene rings is 8. The molecular weight excluding hydrogens is 1480 g/mol. The summed E-state index contributed by atoms with van der Waals surface area (Å²) in [6, 6.07) is 45.3. The molecule has 5 aliphatic heterocycles. The number of hydrogen-bond acceptors (Lipinski definition) is 26. The zero-order valence-corrected chi connectivity index (χ0v) is 59.9. The molecule has 38 heteroatoms. The van der Waals surface area contributed by atoms with E-state index in [1.54, 1.807) is 54.5 Å². The molecular formula is C72H73Cl2N17O19. The average Bonchev–Trinajstić information content (AvgIpc) is 1.59. The molecule has 0 bridgehead atoms. The van der Waals surface area contributed by atoms with Crippen LogP contribution in [0.15, 0.2) is 169 Å². The van der Waals surface area contributed by atoms with Crippen molar-refractivity contribution in [3.8, 4) is 11.5 Å². The smallest absolute Gasteiger partial charge is 0.326 e. The van der Waals surface area contributed by atoms with E-state index in [4.69, 9.17) is 53.5 Å². The number of fused-ring (bicyclic) bond motifs is 2. The fraction of sp³-hybridized carbons (Fsp3) is 0.264. The Labute approximate surface area is 634 Å². The van der Waals surface area contributed by atoms with Crippen LogP contribution in [0.5, 0.6) is 11.5 Å². The summed E-state index contributed by atoms with van der Waals surface area (Å²) >= 11 is 12.0. The van der Waals surface area contributed by atoms with Crippen LogP contribution in [0.2, 0.25) is 10.0 Å². The van der Waals surface area contributed by atoms with Gasteiger partial charge in [0, 0.05) is 151 Å². The number of non-ortho nitro benzene ring substituents is 1. The molecule has 36 nitrogen and oxygen atoms in total. The van der Waals surface area contributed by atoms with Crippen molar-refractivity contribution in [1.29, 1.82) is 0 Å². The molecule has 9 aromatic rings. The number of nitrogens with one attached hydrogen (secondary N) is 5. The molecule has 4 saturated heterocycles. The first kappa shape index (κ1) is 78.4. The molecule has 574 valence electrons. The highest BCUT2D eigenvalue weighted by Gasteiger charge is 2.35. The van der Waals surface area contributed by atoms with Crippen LogP contribution in [0.3, 0.4) is 0 Å². The highest BCUT2D eigenvalue weighted by Crippen LogP contribution is 2.40. The normalized spacial score (nSPS) is 14.9. The van der Waals surface area contributed by atoms with Crippen LogP contribution in [0, 0.1) is 40.5 Å². The minimum absolute atomic E-state index is 0.0319. The number of rotatable bonds is 17. The Morgan fingerprint density at radius 1 is 0.455 bits per heavy atom. The van der Waals surface area contributed by atoms with Crippen molar-refractivity contribution in [3.05, 3.63) is 253 Å². The molecule has 110 heavy (non-hydrogen) atoms. The number of halogens is 2. The van der Waals surface area contributed by atoms with Gasteiger partial charge in [0.25, 0.3) is 46.4 Å². The van der Waals surface area contributed by atoms with Crippen molar-refractivity contribution in [2.75, 3.05) is 128 Å². The number of piperazine rings is 3. The Balaban J connectivity index is 0.000000146. The Morgan fingerprint density at radius 3 is 1.43 bits per heavy atom. The molecule has 8 aromatic carbocycles. The van der Waals surface area contributed by atoms with Gasteiger partial charge in [0.1, 0.15) is 17.1 Å². The summed E-state index contributed by atoms with van der Waals surface area (Å²) in [4.78, 5) is 120. The molecule has 9 N–H and O–H groups in total. The van der Waals surface area contributed by atoms with Gasteiger partial charge in [0.2, 0.25) is 6.79 Å². The Kier molecular flexibility index (Phi) is 25.5. The van der Waals surface area contributed by atoms with Crippen LogP contribution >= 0.6 is 23.2 Å². The summed E-state index contributed by atoms with van der Waals surface area (Å²) in [5.41, 5.74) is 11.4. The third-order valence-corrected chi connectivity index (χ3v) is 19.9. The minimum atomic E-state index is -0.807. The number of hydrogen-bond donors (Lipinski definition) is 9. The third kappa shape index (κ3) is 17.8. The lowest BCUT2D eigenvalue weighted by Gasteiger charge is -2.38. The number of nitro benzene ring substituents is 4. The quantitative estimate of drug-likeness (QED) is 0.0233. The molecule has 0 radical (unpaired) electrons. The standard InChI is InChI=1S/C19H19N5O5.C19H20N4O6.C17H16Cl2N4O4.C17H18N4O4/c25-18(21-27)13-4-3-7-16(24(28)29)17(13)22-10-8-12(9-11-22)23-15-6-2-1-5-14(15)20-19(23)26;24-19(20-25)14-4-2-5-15(23(26)27)17(14)22-9-7-21(8-10-22)11-13-3-1-6-16-18(13)29-12-28-16;18-13-5-4-11(10-14(13)19)21-6-8-22(9-7-21)16-12(17(24)20-25)2-1-3-15(16)23(26)27;22-17(18-23)15-12-14(21(24)25)6-7-16(15)20-10-8-19(9-11-20)13-4-2-1-3-5-13/h1-7,12,27H,8-11H2,(H,20,26)(H,21,25);1-6,25H,7-12H2,(H,20,24);1-5,10,25H,6-9H2,(H,20,24);1-7,12,23H,8-11H2,(H,18,22). The second kappa shape index (κ2) is 35.8. The highest BCUT2D eigenvalue weighted by molar-refractivity contribution is 6.42.